The van der Waals surface area contributed by atoms with Gasteiger partial charge in [0.1, 0.15) is 5.82 Å². The maximum absolute atomic E-state index is 13.1. The third kappa shape index (κ3) is 3.93. The van der Waals surface area contributed by atoms with Crippen LogP contribution in [0.3, 0.4) is 0 Å². The molecule has 21 heavy (non-hydrogen) atoms. The van der Waals surface area contributed by atoms with Crippen molar-refractivity contribution in [2.24, 2.45) is 5.73 Å². The standard InChI is InChI=1S/C14H14ClFN2O2S/c15-13-9-11(3-6-14(13)16)18-21(19,20)12-4-1-10(2-5-12)7-8-17/h1-6,9,18H,7-8,17H2. The summed E-state index contributed by atoms with van der Waals surface area (Å²) in [7, 11) is -3.74. The number of anilines is 1. The fourth-order valence-electron chi connectivity index (χ4n) is 1.78. The first-order chi connectivity index (χ1) is 9.92. The van der Waals surface area contributed by atoms with Gasteiger partial charge in [-0.3, -0.25) is 4.72 Å². The fourth-order valence-corrected chi connectivity index (χ4v) is 3.01. The molecule has 0 aliphatic rings. The lowest BCUT2D eigenvalue weighted by atomic mass is 10.2. The number of nitrogens with two attached hydrogens (primary N) is 1. The Labute approximate surface area is 127 Å². The number of sulfonamides is 1. The zero-order chi connectivity index (χ0) is 15.5. The van der Waals surface area contributed by atoms with Crippen LogP contribution in [0.1, 0.15) is 5.56 Å². The lowest BCUT2D eigenvalue weighted by Crippen LogP contribution is -2.13. The van der Waals surface area contributed by atoms with Crippen LogP contribution in [0.15, 0.2) is 47.4 Å². The monoisotopic (exact) mass is 328 g/mol. The Bertz CT molecular complexity index is 733. The Balaban J connectivity index is 2.23. The molecule has 4 nitrogen and oxygen atoms in total. The van der Waals surface area contributed by atoms with Crippen LogP contribution in [0.5, 0.6) is 0 Å². The summed E-state index contributed by atoms with van der Waals surface area (Å²) in [4.78, 5) is 0.115. The summed E-state index contributed by atoms with van der Waals surface area (Å²) < 4.78 is 39.8. The van der Waals surface area contributed by atoms with Gasteiger partial charge in [-0.2, -0.15) is 0 Å². The van der Waals surface area contributed by atoms with Crippen molar-refractivity contribution in [1.29, 1.82) is 0 Å². The van der Waals surface area contributed by atoms with Gasteiger partial charge in [0.25, 0.3) is 10.0 Å². The van der Waals surface area contributed by atoms with Crippen LogP contribution in [0.4, 0.5) is 10.1 Å². The SMILES string of the molecule is NCCc1ccc(S(=O)(=O)Nc2ccc(F)c(Cl)c2)cc1. The molecule has 0 radical (unpaired) electrons. The predicted molar refractivity (Wildman–Crippen MR) is 81.4 cm³/mol. The molecule has 7 heteroatoms. The number of benzene rings is 2. The molecular weight excluding hydrogens is 315 g/mol. The lowest BCUT2D eigenvalue weighted by molar-refractivity contribution is 0.601. The first kappa shape index (κ1) is 15.8. The molecule has 0 atom stereocenters. The van der Waals surface area contributed by atoms with E-state index in [-0.39, 0.29) is 15.6 Å². The molecule has 0 spiro atoms. The molecule has 0 aliphatic carbocycles. The third-order valence-corrected chi connectivity index (χ3v) is 4.53. The predicted octanol–water partition coefficient (Wildman–Crippen LogP) is 2.78. The van der Waals surface area contributed by atoms with Crippen LogP contribution in [0.25, 0.3) is 0 Å². The maximum Gasteiger partial charge on any atom is 0.261 e. The minimum absolute atomic E-state index is 0.115. The van der Waals surface area contributed by atoms with Crippen molar-refractivity contribution < 1.29 is 12.8 Å². The topological polar surface area (TPSA) is 72.2 Å². The minimum Gasteiger partial charge on any atom is -0.330 e. The zero-order valence-corrected chi connectivity index (χ0v) is 12.6. The van der Waals surface area contributed by atoms with Gasteiger partial charge < -0.3 is 5.73 Å². The summed E-state index contributed by atoms with van der Waals surface area (Å²) in [5.74, 6) is -0.606. The molecular formula is C14H14ClFN2O2S. The highest BCUT2D eigenvalue weighted by atomic mass is 35.5. The molecule has 3 N–H and O–H groups in total. The first-order valence-corrected chi connectivity index (χ1v) is 8.05. The molecule has 0 unspecified atom stereocenters. The molecule has 2 rings (SSSR count). The van der Waals surface area contributed by atoms with Crippen molar-refractivity contribution in [3.05, 3.63) is 58.9 Å². The van der Waals surface area contributed by atoms with E-state index < -0.39 is 15.8 Å². The van der Waals surface area contributed by atoms with Crippen molar-refractivity contribution in [2.45, 2.75) is 11.3 Å². The van der Waals surface area contributed by atoms with Crippen molar-refractivity contribution in [3.8, 4) is 0 Å². The van der Waals surface area contributed by atoms with Gasteiger partial charge >= 0.3 is 0 Å². The normalized spacial score (nSPS) is 11.4. The highest BCUT2D eigenvalue weighted by Crippen LogP contribution is 2.22. The summed E-state index contributed by atoms with van der Waals surface area (Å²) in [5.41, 5.74) is 6.60. The van der Waals surface area contributed by atoms with Crippen molar-refractivity contribution in [2.75, 3.05) is 11.3 Å². The molecule has 0 heterocycles. The summed E-state index contributed by atoms with van der Waals surface area (Å²) in [6.07, 6.45) is 0.682. The van der Waals surface area contributed by atoms with Crippen LogP contribution in [-0.2, 0) is 16.4 Å². The lowest BCUT2D eigenvalue weighted by Gasteiger charge is -2.09. The Kier molecular flexibility index (Phi) is 4.82. The van der Waals surface area contributed by atoms with Crippen LogP contribution in [-0.4, -0.2) is 15.0 Å². The van der Waals surface area contributed by atoms with Crippen molar-refractivity contribution in [1.82, 2.24) is 0 Å². The summed E-state index contributed by atoms with van der Waals surface area (Å²) >= 11 is 5.62. The smallest absolute Gasteiger partial charge is 0.261 e. The van der Waals surface area contributed by atoms with Gasteiger partial charge in [0.05, 0.1) is 15.6 Å². The molecule has 0 aliphatic heterocycles. The molecule has 0 saturated carbocycles. The molecule has 0 fully saturated rings. The second-order valence-electron chi connectivity index (χ2n) is 4.42. The van der Waals surface area contributed by atoms with E-state index in [1.54, 1.807) is 12.1 Å². The van der Waals surface area contributed by atoms with E-state index in [0.29, 0.717) is 13.0 Å². The van der Waals surface area contributed by atoms with Crippen LogP contribution < -0.4 is 10.5 Å². The van der Waals surface area contributed by atoms with Gasteiger partial charge in [-0.05, 0) is 48.9 Å². The van der Waals surface area contributed by atoms with Crippen LogP contribution >= 0.6 is 11.6 Å². The Hall–Kier alpha value is -1.63. The van der Waals surface area contributed by atoms with E-state index in [9.17, 15) is 12.8 Å². The van der Waals surface area contributed by atoms with Gasteiger partial charge in [-0.1, -0.05) is 23.7 Å². The molecule has 112 valence electrons. The van der Waals surface area contributed by atoms with Crippen molar-refractivity contribution in [3.63, 3.8) is 0 Å². The third-order valence-electron chi connectivity index (χ3n) is 2.84. The van der Waals surface area contributed by atoms with E-state index in [1.807, 2.05) is 0 Å². The first-order valence-electron chi connectivity index (χ1n) is 6.19. The second kappa shape index (κ2) is 6.43. The number of hydrogen-bond donors (Lipinski definition) is 2. The number of nitrogens with one attached hydrogen (secondary N) is 1. The van der Waals surface area contributed by atoms with Gasteiger partial charge in [-0.25, -0.2) is 12.8 Å². The average Bonchev–Trinajstić information content (AvgIpc) is 2.44. The number of hydrogen-bond acceptors (Lipinski definition) is 3. The maximum atomic E-state index is 13.1. The molecule has 0 bridgehead atoms. The summed E-state index contributed by atoms with van der Waals surface area (Å²) in [6, 6.07) is 10.0. The molecule has 0 aromatic heterocycles. The molecule has 2 aromatic rings. The average molecular weight is 329 g/mol. The number of halogens is 2. The van der Waals surface area contributed by atoms with Gasteiger partial charge in [-0.15, -0.1) is 0 Å². The van der Waals surface area contributed by atoms with E-state index in [0.717, 1.165) is 11.6 Å². The van der Waals surface area contributed by atoms with Crippen molar-refractivity contribution >= 4 is 27.3 Å². The van der Waals surface area contributed by atoms with Crippen LogP contribution in [0, 0.1) is 5.82 Å². The quantitative estimate of drug-likeness (QED) is 0.886. The molecule has 0 amide bonds. The van der Waals surface area contributed by atoms with Gasteiger partial charge in [0.2, 0.25) is 0 Å². The molecule has 0 saturated heterocycles. The summed E-state index contributed by atoms with van der Waals surface area (Å²) in [6.45, 7) is 0.498. The van der Waals surface area contributed by atoms with Gasteiger partial charge in [0.15, 0.2) is 0 Å². The number of rotatable bonds is 5. The van der Waals surface area contributed by atoms with Gasteiger partial charge in [0, 0.05) is 0 Å². The summed E-state index contributed by atoms with van der Waals surface area (Å²) in [5, 5.41) is -0.145. The Morgan fingerprint density at radius 1 is 1.14 bits per heavy atom. The minimum atomic E-state index is -3.74. The van der Waals surface area contributed by atoms with E-state index in [4.69, 9.17) is 17.3 Å². The van der Waals surface area contributed by atoms with E-state index in [1.165, 1.54) is 24.3 Å². The zero-order valence-electron chi connectivity index (χ0n) is 11.0. The highest BCUT2D eigenvalue weighted by molar-refractivity contribution is 7.92. The second-order valence-corrected chi connectivity index (χ2v) is 6.51. The highest BCUT2D eigenvalue weighted by Gasteiger charge is 2.14. The fraction of sp³-hybridized carbons (Fsp3) is 0.143. The van der Waals surface area contributed by atoms with E-state index >= 15 is 0 Å². The largest absolute Gasteiger partial charge is 0.330 e. The molecule has 2 aromatic carbocycles. The Morgan fingerprint density at radius 3 is 2.38 bits per heavy atom. The van der Waals surface area contributed by atoms with Crippen LogP contribution in [0.2, 0.25) is 5.02 Å². The van der Waals surface area contributed by atoms with E-state index in [2.05, 4.69) is 4.72 Å². The Morgan fingerprint density at radius 2 is 1.81 bits per heavy atom.